The van der Waals surface area contributed by atoms with Crippen LogP contribution in [0.1, 0.15) is 13.8 Å². The molecule has 0 saturated carbocycles. The van der Waals surface area contributed by atoms with Crippen molar-refractivity contribution >= 4 is 50.4 Å². The number of nitrogens with zero attached hydrogens (tertiary/aromatic N) is 5. The Hall–Kier alpha value is -2.62. The second-order valence-electron chi connectivity index (χ2n) is 7.82. The van der Waals surface area contributed by atoms with E-state index in [1.54, 1.807) is 7.11 Å². The molecule has 0 radical (unpaired) electrons. The molecule has 170 valence electrons. The average molecular weight is 475 g/mol. The lowest BCUT2D eigenvalue weighted by Gasteiger charge is -2.36. The molecule has 0 spiro atoms. The summed E-state index contributed by atoms with van der Waals surface area (Å²) in [6.07, 6.45) is 1.85. The number of nitrogens with two attached hydrogens (primary N) is 1. The number of fused-ring (bicyclic) bond motifs is 1. The van der Waals surface area contributed by atoms with E-state index < -0.39 is 0 Å². The van der Waals surface area contributed by atoms with Gasteiger partial charge in [-0.2, -0.15) is 0 Å². The average Bonchev–Trinajstić information content (AvgIpc) is 3.20. The molecular weight excluding hydrogens is 448 g/mol. The summed E-state index contributed by atoms with van der Waals surface area (Å²) < 4.78 is 2.03. The predicted octanol–water partition coefficient (Wildman–Crippen LogP) is 3.52. The smallest absolute Gasteiger partial charge is 0.198 e. The van der Waals surface area contributed by atoms with Gasteiger partial charge in [0, 0.05) is 56.2 Å². The van der Waals surface area contributed by atoms with Gasteiger partial charge in [-0.3, -0.25) is 9.69 Å². The number of anilines is 2. The van der Waals surface area contributed by atoms with Gasteiger partial charge in [0.25, 0.3) is 0 Å². The SMILES string of the molecule is CCn1cc(-c2csc(N)n2)c(=O)c2cc(N3CCN(C/C(C)=N/OC)CC3)c(Cl)cc21. The topological polar surface area (TPSA) is 89.0 Å². The van der Waals surface area contributed by atoms with E-state index in [0.29, 0.717) is 33.3 Å². The monoisotopic (exact) mass is 474 g/mol. The standard InChI is InChI=1S/C22H27ClN6O2S/c1-4-28-12-16(18-13-32-22(24)25-18)21(30)15-9-20(17(23)10-19(15)28)29-7-5-27(6-8-29)11-14(2)26-31-3/h9-10,12-13H,4-8,11H2,1-3H3,(H2,24,25)/b26-14+. The highest BCUT2D eigenvalue weighted by atomic mass is 35.5. The van der Waals surface area contributed by atoms with E-state index in [-0.39, 0.29) is 5.43 Å². The van der Waals surface area contributed by atoms with E-state index in [0.717, 1.165) is 49.6 Å². The van der Waals surface area contributed by atoms with Crippen LogP contribution in [0, 0.1) is 0 Å². The molecular formula is C22H27ClN6O2S. The van der Waals surface area contributed by atoms with Crippen LogP contribution in [0.25, 0.3) is 22.2 Å². The van der Waals surface area contributed by atoms with Crippen molar-refractivity contribution in [2.24, 2.45) is 5.16 Å². The summed E-state index contributed by atoms with van der Waals surface area (Å²) in [5, 5.41) is 7.55. The number of hydrogen-bond acceptors (Lipinski definition) is 8. The van der Waals surface area contributed by atoms with Crippen LogP contribution in [-0.4, -0.2) is 60.0 Å². The lowest BCUT2D eigenvalue weighted by atomic mass is 10.1. The number of oxime groups is 1. The number of thiazole rings is 1. The van der Waals surface area contributed by atoms with E-state index in [9.17, 15) is 4.79 Å². The Bertz CT molecular complexity index is 1210. The second kappa shape index (κ2) is 9.48. The maximum atomic E-state index is 13.4. The predicted molar refractivity (Wildman–Crippen MR) is 133 cm³/mol. The van der Waals surface area contributed by atoms with Gasteiger partial charge in [0.1, 0.15) is 7.11 Å². The summed E-state index contributed by atoms with van der Waals surface area (Å²) in [7, 11) is 1.56. The van der Waals surface area contributed by atoms with Crippen LogP contribution >= 0.6 is 22.9 Å². The fourth-order valence-corrected chi connectivity index (χ4v) is 4.99. The van der Waals surface area contributed by atoms with E-state index in [1.165, 1.54) is 11.3 Å². The number of hydrogen-bond donors (Lipinski definition) is 1. The lowest BCUT2D eigenvalue weighted by molar-refractivity contribution is 0.208. The number of benzene rings is 1. The van der Waals surface area contributed by atoms with Gasteiger partial charge in [-0.1, -0.05) is 16.8 Å². The quantitative estimate of drug-likeness (QED) is 0.434. The number of halogens is 1. The zero-order chi connectivity index (χ0) is 22.8. The lowest BCUT2D eigenvalue weighted by Crippen LogP contribution is -2.47. The molecule has 0 unspecified atom stereocenters. The number of aromatic nitrogens is 2. The Morgan fingerprint density at radius 2 is 2.06 bits per heavy atom. The Morgan fingerprint density at radius 1 is 1.31 bits per heavy atom. The van der Waals surface area contributed by atoms with Crippen molar-refractivity contribution in [2.75, 3.05) is 50.5 Å². The molecule has 0 aliphatic carbocycles. The van der Waals surface area contributed by atoms with Gasteiger partial charge in [0.05, 0.1) is 33.2 Å². The molecule has 1 aliphatic rings. The molecule has 1 fully saturated rings. The Balaban J connectivity index is 1.68. The van der Waals surface area contributed by atoms with Gasteiger partial charge in [-0.05, 0) is 26.0 Å². The Kier molecular flexibility index (Phi) is 6.68. The largest absolute Gasteiger partial charge is 0.399 e. The highest BCUT2D eigenvalue weighted by molar-refractivity contribution is 7.13. The Labute approximate surface area is 195 Å². The Morgan fingerprint density at radius 3 is 2.69 bits per heavy atom. The first-order valence-corrected chi connectivity index (χ1v) is 11.8. The number of pyridine rings is 1. The van der Waals surface area contributed by atoms with Crippen molar-refractivity contribution in [3.05, 3.63) is 39.0 Å². The molecule has 2 N–H and O–H groups in total. The van der Waals surface area contributed by atoms with Crippen LogP contribution in [0.5, 0.6) is 0 Å². The normalized spacial score (nSPS) is 15.5. The fourth-order valence-electron chi connectivity index (χ4n) is 4.15. The molecule has 4 rings (SSSR count). The molecule has 1 aromatic carbocycles. The highest BCUT2D eigenvalue weighted by Gasteiger charge is 2.22. The van der Waals surface area contributed by atoms with Gasteiger partial charge >= 0.3 is 0 Å². The van der Waals surface area contributed by atoms with E-state index >= 15 is 0 Å². The minimum atomic E-state index is -0.0574. The molecule has 0 bridgehead atoms. The van der Waals surface area contributed by atoms with Crippen LogP contribution in [0.2, 0.25) is 5.02 Å². The van der Waals surface area contributed by atoms with Crippen LogP contribution in [0.15, 0.2) is 33.7 Å². The summed E-state index contributed by atoms with van der Waals surface area (Å²) in [5.74, 6) is 0. The molecule has 1 saturated heterocycles. The second-order valence-corrected chi connectivity index (χ2v) is 9.12. The molecule has 8 nitrogen and oxygen atoms in total. The zero-order valence-corrected chi connectivity index (χ0v) is 20.0. The maximum absolute atomic E-state index is 13.4. The van der Waals surface area contributed by atoms with Crippen molar-refractivity contribution in [1.29, 1.82) is 0 Å². The van der Waals surface area contributed by atoms with E-state index in [2.05, 4.69) is 19.9 Å². The molecule has 0 atom stereocenters. The fraction of sp³-hybridized carbons (Fsp3) is 0.409. The van der Waals surface area contributed by atoms with Gasteiger partial charge in [-0.25, -0.2) is 4.98 Å². The minimum Gasteiger partial charge on any atom is -0.399 e. The maximum Gasteiger partial charge on any atom is 0.198 e. The first-order valence-electron chi connectivity index (χ1n) is 10.5. The van der Waals surface area contributed by atoms with Gasteiger partial charge in [-0.15, -0.1) is 11.3 Å². The van der Waals surface area contributed by atoms with Crippen molar-refractivity contribution < 1.29 is 4.84 Å². The molecule has 0 amide bonds. The molecule has 10 heteroatoms. The highest BCUT2D eigenvalue weighted by Crippen LogP contribution is 2.32. The van der Waals surface area contributed by atoms with Gasteiger partial charge in [0.15, 0.2) is 10.6 Å². The summed E-state index contributed by atoms with van der Waals surface area (Å²) in [4.78, 5) is 27.2. The molecule has 2 aromatic heterocycles. The zero-order valence-electron chi connectivity index (χ0n) is 18.5. The van der Waals surface area contributed by atoms with Crippen LogP contribution in [0.4, 0.5) is 10.8 Å². The third-order valence-electron chi connectivity index (χ3n) is 5.70. The van der Waals surface area contributed by atoms with Crippen molar-refractivity contribution in [2.45, 2.75) is 20.4 Å². The molecule has 1 aliphatic heterocycles. The van der Waals surface area contributed by atoms with Crippen molar-refractivity contribution in [3.8, 4) is 11.3 Å². The minimum absolute atomic E-state index is 0.0574. The van der Waals surface area contributed by atoms with Gasteiger partial charge in [0.2, 0.25) is 0 Å². The van der Waals surface area contributed by atoms with E-state index in [1.807, 2.05) is 42.1 Å². The molecule has 3 heterocycles. The van der Waals surface area contributed by atoms with Crippen LogP contribution in [-0.2, 0) is 11.4 Å². The summed E-state index contributed by atoms with van der Waals surface area (Å²) in [6.45, 7) is 8.87. The van der Waals surface area contributed by atoms with E-state index in [4.69, 9.17) is 22.2 Å². The first-order chi connectivity index (χ1) is 15.4. The third kappa shape index (κ3) is 4.46. The number of nitrogen functional groups attached to an aromatic ring is 1. The van der Waals surface area contributed by atoms with Crippen molar-refractivity contribution in [3.63, 3.8) is 0 Å². The van der Waals surface area contributed by atoms with Crippen molar-refractivity contribution in [1.82, 2.24) is 14.5 Å². The number of piperazine rings is 1. The molecule has 3 aromatic rings. The first kappa shape index (κ1) is 22.6. The summed E-state index contributed by atoms with van der Waals surface area (Å²) in [6, 6.07) is 3.83. The molecule has 32 heavy (non-hydrogen) atoms. The number of rotatable bonds is 6. The summed E-state index contributed by atoms with van der Waals surface area (Å²) in [5.41, 5.74) is 9.56. The van der Waals surface area contributed by atoms with Crippen LogP contribution < -0.4 is 16.1 Å². The van der Waals surface area contributed by atoms with Crippen LogP contribution in [0.3, 0.4) is 0 Å². The number of aryl methyl sites for hydroxylation is 1. The summed E-state index contributed by atoms with van der Waals surface area (Å²) >= 11 is 8.04. The third-order valence-corrected chi connectivity index (χ3v) is 6.68. The van der Waals surface area contributed by atoms with Gasteiger partial charge < -0.3 is 20.0 Å².